The molecule has 0 aliphatic rings. The average Bonchev–Trinajstić information content (AvgIpc) is 2.70. The molecule has 14 heavy (non-hydrogen) atoms. The number of aromatic nitrogens is 2. The Morgan fingerprint density at radius 3 is 2.86 bits per heavy atom. The molecule has 2 heterocycles. The van der Waals surface area contributed by atoms with Crippen LogP contribution in [0.3, 0.4) is 0 Å². The molecule has 0 bridgehead atoms. The van der Waals surface area contributed by atoms with E-state index in [1.54, 1.807) is 0 Å². The van der Waals surface area contributed by atoms with Crippen LogP contribution in [0.25, 0.3) is 11.3 Å². The molecule has 2 aromatic rings. The summed E-state index contributed by atoms with van der Waals surface area (Å²) < 4.78 is 1.96. The van der Waals surface area contributed by atoms with Crippen molar-refractivity contribution in [1.29, 1.82) is 0 Å². The molecular weight excluding hydrogens is 196 g/mol. The van der Waals surface area contributed by atoms with Gasteiger partial charge >= 0.3 is 0 Å². The smallest absolute Gasteiger partial charge is 0.188 e. The lowest BCUT2D eigenvalue weighted by atomic mass is 10.3. The van der Waals surface area contributed by atoms with E-state index in [1.807, 2.05) is 35.5 Å². The number of Topliss-reactive ketones (excluding diaryl/α,β-unsaturated/α-hetero) is 1. The number of carbonyl (C=O) groups is 1. The Bertz CT molecular complexity index is 470. The van der Waals surface area contributed by atoms with Crippen molar-refractivity contribution < 1.29 is 4.79 Å². The molecule has 72 valence electrons. The van der Waals surface area contributed by atoms with Crippen molar-refractivity contribution in [3.05, 3.63) is 28.8 Å². The van der Waals surface area contributed by atoms with E-state index in [0.717, 1.165) is 11.3 Å². The normalized spacial score (nSPS) is 10.4. The largest absolute Gasteiger partial charge is 0.357 e. The Morgan fingerprint density at radius 1 is 1.57 bits per heavy atom. The van der Waals surface area contributed by atoms with Gasteiger partial charge in [0.05, 0.1) is 5.69 Å². The number of hydrogen-bond acceptors (Lipinski definition) is 3. The van der Waals surface area contributed by atoms with Crippen LogP contribution in [0.4, 0.5) is 0 Å². The van der Waals surface area contributed by atoms with E-state index in [-0.39, 0.29) is 5.78 Å². The maximum Gasteiger partial charge on any atom is 0.188 e. The summed E-state index contributed by atoms with van der Waals surface area (Å²) >= 11 is 1.39. The maximum atomic E-state index is 11.0. The van der Waals surface area contributed by atoms with E-state index in [1.165, 1.54) is 18.3 Å². The molecule has 0 aromatic carbocycles. The van der Waals surface area contributed by atoms with Crippen LogP contribution in [0.5, 0.6) is 0 Å². The predicted octanol–water partition coefficient (Wildman–Crippen LogP) is 2.35. The summed E-state index contributed by atoms with van der Waals surface area (Å²) in [7, 11) is 1.96. The first-order valence-electron chi connectivity index (χ1n) is 4.25. The van der Waals surface area contributed by atoms with Crippen molar-refractivity contribution in [3.63, 3.8) is 0 Å². The van der Waals surface area contributed by atoms with Crippen LogP contribution in [-0.4, -0.2) is 15.3 Å². The van der Waals surface area contributed by atoms with Crippen molar-refractivity contribution in [2.24, 2.45) is 7.05 Å². The summed E-state index contributed by atoms with van der Waals surface area (Å²) in [5.74, 6) is 0.0252. The van der Waals surface area contributed by atoms with Gasteiger partial charge in [0.2, 0.25) is 0 Å². The third-order valence-electron chi connectivity index (χ3n) is 1.93. The molecule has 0 radical (unpaired) electrons. The highest BCUT2D eigenvalue weighted by atomic mass is 32.1. The first kappa shape index (κ1) is 9.15. The molecule has 0 saturated heterocycles. The lowest BCUT2D eigenvalue weighted by Crippen LogP contribution is -1.89. The van der Waals surface area contributed by atoms with E-state index >= 15 is 0 Å². The third kappa shape index (κ3) is 1.61. The van der Waals surface area contributed by atoms with E-state index in [0.29, 0.717) is 5.01 Å². The predicted molar refractivity (Wildman–Crippen MR) is 56.5 cm³/mol. The summed E-state index contributed by atoms with van der Waals surface area (Å²) in [4.78, 5) is 15.3. The Morgan fingerprint density at radius 2 is 2.36 bits per heavy atom. The van der Waals surface area contributed by atoms with E-state index < -0.39 is 0 Å². The Hall–Kier alpha value is -1.42. The molecule has 0 atom stereocenters. The molecule has 2 aromatic heterocycles. The molecule has 0 spiro atoms. The van der Waals surface area contributed by atoms with Crippen LogP contribution in [0.1, 0.15) is 16.7 Å². The first-order chi connectivity index (χ1) is 6.66. The van der Waals surface area contributed by atoms with Gasteiger partial charge in [0.25, 0.3) is 0 Å². The summed E-state index contributed by atoms with van der Waals surface area (Å²) in [6.45, 7) is 1.54. The van der Waals surface area contributed by atoms with Gasteiger partial charge in [0.15, 0.2) is 10.8 Å². The van der Waals surface area contributed by atoms with Gasteiger partial charge < -0.3 is 4.57 Å². The lowest BCUT2D eigenvalue weighted by molar-refractivity contribution is 0.101. The highest BCUT2D eigenvalue weighted by Crippen LogP contribution is 2.21. The minimum atomic E-state index is 0.0252. The van der Waals surface area contributed by atoms with Gasteiger partial charge in [-0.05, 0) is 6.07 Å². The molecule has 3 nitrogen and oxygen atoms in total. The zero-order valence-corrected chi connectivity index (χ0v) is 8.84. The third-order valence-corrected chi connectivity index (χ3v) is 2.88. The highest BCUT2D eigenvalue weighted by molar-refractivity contribution is 7.12. The van der Waals surface area contributed by atoms with Gasteiger partial charge in [0.1, 0.15) is 0 Å². The molecule has 4 heteroatoms. The van der Waals surface area contributed by atoms with Gasteiger partial charge in [-0.25, -0.2) is 4.98 Å². The number of rotatable bonds is 2. The lowest BCUT2D eigenvalue weighted by Gasteiger charge is -1.88. The molecule has 2 rings (SSSR count). The monoisotopic (exact) mass is 206 g/mol. The highest BCUT2D eigenvalue weighted by Gasteiger charge is 2.07. The fraction of sp³-hybridized carbons (Fsp3) is 0.200. The molecule has 0 N–H and O–H groups in total. The standard InChI is InChI=1S/C10H10N2OS/c1-7(13)10-11-9(6-14-10)8-3-4-12(2)5-8/h3-6H,1-2H3. The van der Waals surface area contributed by atoms with Gasteiger partial charge in [-0.1, -0.05) is 0 Å². The summed E-state index contributed by atoms with van der Waals surface area (Å²) in [5, 5.41) is 2.48. The van der Waals surface area contributed by atoms with E-state index in [2.05, 4.69) is 4.98 Å². The number of ketones is 1. The molecule has 0 amide bonds. The zero-order chi connectivity index (χ0) is 10.1. The summed E-state index contributed by atoms with van der Waals surface area (Å²) in [6, 6.07) is 1.99. The van der Waals surface area contributed by atoms with Crippen LogP contribution >= 0.6 is 11.3 Å². The second kappa shape index (κ2) is 3.38. The fourth-order valence-electron chi connectivity index (χ4n) is 1.22. The second-order valence-corrected chi connectivity index (χ2v) is 4.02. The number of nitrogens with zero attached hydrogens (tertiary/aromatic N) is 2. The van der Waals surface area contributed by atoms with Crippen molar-refractivity contribution in [2.75, 3.05) is 0 Å². The minimum Gasteiger partial charge on any atom is -0.357 e. The maximum absolute atomic E-state index is 11.0. The molecule has 0 saturated carbocycles. The van der Waals surface area contributed by atoms with Gasteiger partial charge in [-0.2, -0.15) is 0 Å². The summed E-state index contributed by atoms with van der Waals surface area (Å²) in [5.41, 5.74) is 1.93. The number of thiazole rings is 1. The second-order valence-electron chi connectivity index (χ2n) is 3.16. The van der Waals surface area contributed by atoms with Crippen LogP contribution in [0.15, 0.2) is 23.8 Å². The average molecular weight is 206 g/mol. The van der Waals surface area contributed by atoms with Gasteiger partial charge in [-0.3, -0.25) is 4.79 Å². The number of aryl methyl sites for hydroxylation is 1. The number of carbonyl (C=O) groups excluding carboxylic acids is 1. The molecule has 0 aliphatic carbocycles. The molecule has 0 fully saturated rings. The Balaban J connectivity index is 2.38. The van der Waals surface area contributed by atoms with Crippen LogP contribution in [0, 0.1) is 0 Å². The quantitative estimate of drug-likeness (QED) is 0.707. The van der Waals surface area contributed by atoms with Crippen molar-refractivity contribution in [2.45, 2.75) is 6.92 Å². The van der Waals surface area contributed by atoms with Crippen molar-refractivity contribution in [3.8, 4) is 11.3 Å². The van der Waals surface area contributed by atoms with Gasteiger partial charge in [-0.15, -0.1) is 11.3 Å². The van der Waals surface area contributed by atoms with Crippen LogP contribution in [-0.2, 0) is 7.05 Å². The minimum absolute atomic E-state index is 0.0252. The molecular formula is C10H10N2OS. The van der Waals surface area contributed by atoms with Crippen LogP contribution in [0.2, 0.25) is 0 Å². The first-order valence-corrected chi connectivity index (χ1v) is 5.13. The zero-order valence-electron chi connectivity index (χ0n) is 8.02. The Kier molecular flexibility index (Phi) is 2.21. The Labute approximate surface area is 86.0 Å². The van der Waals surface area contributed by atoms with Crippen molar-refractivity contribution >= 4 is 17.1 Å². The SMILES string of the molecule is CC(=O)c1nc(-c2ccn(C)c2)cs1. The number of hydrogen-bond donors (Lipinski definition) is 0. The molecule has 0 unspecified atom stereocenters. The van der Waals surface area contributed by atoms with Crippen molar-refractivity contribution in [1.82, 2.24) is 9.55 Å². The summed E-state index contributed by atoms with van der Waals surface area (Å²) in [6.07, 6.45) is 3.95. The topological polar surface area (TPSA) is 34.9 Å². The van der Waals surface area contributed by atoms with E-state index in [9.17, 15) is 4.79 Å². The fourth-order valence-corrected chi connectivity index (χ4v) is 1.95. The van der Waals surface area contributed by atoms with Gasteiger partial charge in [0, 0.05) is 37.3 Å². The molecule has 0 aliphatic heterocycles. The van der Waals surface area contributed by atoms with E-state index in [4.69, 9.17) is 0 Å². The van der Waals surface area contributed by atoms with Crippen LogP contribution < -0.4 is 0 Å².